The molecule has 4 heteroatoms. The van der Waals surface area contributed by atoms with Gasteiger partial charge in [0.15, 0.2) is 5.17 Å². The van der Waals surface area contributed by atoms with E-state index in [2.05, 4.69) is 39.7 Å². The minimum Gasteiger partial charge on any atom is -0.348 e. The molecule has 1 unspecified atom stereocenters. The molecule has 0 bridgehead atoms. The first-order chi connectivity index (χ1) is 7.20. The minimum absolute atomic E-state index is 0.661. The average molecular weight is 291 g/mol. The van der Waals surface area contributed by atoms with E-state index in [0.717, 1.165) is 23.8 Å². The van der Waals surface area contributed by atoms with Crippen molar-refractivity contribution in [1.29, 1.82) is 0 Å². The Balaban J connectivity index is 1.93. The highest BCUT2D eigenvalue weighted by molar-refractivity contribution is 9.09. The van der Waals surface area contributed by atoms with Crippen LogP contribution in [0, 0.1) is 5.92 Å². The van der Waals surface area contributed by atoms with Crippen molar-refractivity contribution < 1.29 is 0 Å². The van der Waals surface area contributed by atoms with Crippen molar-refractivity contribution in [3.8, 4) is 0 Å². The molecule has 0 spiro atoms. The lowest BCUT2D eigenvalue weighted by atomic mass is 10.2. The molecule has 1 aliphatic heterocycles. The van der Waals surface area contributed by atoms with Crippen LogP contribution in [-0.2, 0) is 0 Å². The summed E-state index contributed by atoms with van der Waals surface area (Å²) in [6, 6.07) is 0.799. The highest BCUT2D eigenvalue weighted by Gasteiger charge is 2.34. The van der Waals surface area contributed by atoms with Crippen molar-refractivity contribution in [2.45, 2.75) is 38.0 Å². The number of amidine groups is 1. The van der Waals surface area contributed by atoms with E-state index < -0.39 is 0 Å². The first kappa shape index (κ1) is 11.8. The molecule has 1 fully saturated rings. The summed E-state index contributed by atoms with van der Waals surface area (Å²) in [4.78, 5) is 7.22. The van der Waals surface area contributed by atoms with Crippen LogP contribution in [0.25, 0.3) is 0 Å². The van der Waals surface area contributed by atoms with Crippen LogP contribution in [0.4, 0.5) is 0 Å². The third-order valence-electron chi connectivity index (χ3n) is 2.67. The zero-order valence-electron chi connectivity index (χ0n) is 9.45. The van der Waals surface area contributed by atoms with Gasteiger partial charge in [0, 0.05) is 23.2 Å². The fourth-order valence-electron chi connectivity index (χ4n) is 1.81. The summed E-state index contributed by atoms with van der Waals surface area (Å²) >= 11 is 5.50. The van der Waals surface area contributed by atoms with E-state index in [4.69, 9.17) is 0 Å². The van der Waals surface area contributed by atoms with Gasteiger partial charge in [0.05, 0.1) is 6.54 Å². The van der Waals surface area contributed by atoms with Crippen molar-refractivity contribution in [3.05, 3.63) is 0 Å². The van der Waals surface area contributed by atoms with Crippen LogP contribution in [-0.4, -0.2) is 39.8 Å². The molecule has 1 aliphatic carbocycles. The van der Waals surface area contributed by atoms with Crippen LogP contribution >= 0.6 is 27.7 Å². The van der Waals surface area contributed by atoms with Crippen LogP contribution in [0.5, 0.6) is 0 Å². The van der Waals surface area contributed by atoms with Gasteiger partial charge in [-0.3, -0.25) is 4.99 Å². The van der Waals surface area contributed by atoms with E-state index in [0.29, 0.717) is 5.25 Å². The van der Waals surface area contributed by atoms with Gasteiger partial charge in [-0.25, -0.2) is 0 Å². The van der Waals surface area contributed by atoms with Crippen molar-refractivity contribution >= 4 is 32.9 Å². The summed E-state index contributed by atoms with van der Waals surface area (Å²) in [6.07, 6.45) is 2.73. The SMILES string of the molecule is CC(C)CN(C1=NCC(CBr)S1)C1CC1. The molecule has 0 aromatic heterocycles. The number of aliphatic imine (C=N–C) groups is 1. The van der Waals surface area contributed by atoms with Gasteiger partial charge < -0.3 is 4.90 Å². The molecule has 0 aromatic rings. The highest BCUT2D eigenvalue weighted by Crippen LogP contribution is 2.34. The summed E-state index contributed by atoms with van der Waals surface area (Å²) in [5.74, 6) is 0.733. The Morgan fingerprint density at radius 1 is 1.53 bits per heavy atom. The number of rotatable bonds is 4. The minimum atomic E-state index is 0.661. The molecule has 2 rings (SSSR count). The fourth-order valence-corrected chi connectivity index (χ4v) is 3.42. The van der Waals surface area contributed by atoms with Gasteiger partial charge in [0.2, 0.25) is 0 Å². The maximum Gasteiger partial charge on any atom is 0.159 e. The molecule has 0 N–H and O–H groups in total. The van der Waals surface area contributed by atoms with Crippen LogP contribution in [0.2, 0.25) is 0 Å². The van der Waals surface area contributed by atoms with Crippen LogP contribution in [0.3, 0.4) is 0 Å². The maximum atomic E-state index is 4.68. The molecule has 1 saturated carbocycles. The fraction of sp³-hybridized carbons (Fsp3) is 0.909. The Labute approximate surface area is 105 Å². The summed E-state index contributed by atoms with van der Waals surface area (Å²) < 4.78 is 0. The molecule has 2 aliphatic rings. The van der Waals surface area contributed by atoms with E-state index in [9.17, 15) is 0 Å². The molecular formula is C11H19BrN2S. The largest absolute Gasteiger partial charge is 0.348 e. The van der Waals surface area contributed by atoms with E-state index >= 15 is 0 Å². The molecule has 0 aromatic carbocycles. The first-order valence-electron chi connectivity index (χ1n) is 5.74. The smallest absolute Gasteiger partial charge is 0.159 e. The maximum absolute atomic E-state index is 4.68. The molecule has 86 valence electrons. The second-order valence-corrected chi connectivity index (χ2v) is 6.71. The predicted octanol–water partition coefficient (Wildman–Crippen LogP) is 2.97. The Morgan fingerprint density at radius 2 is 2.27 bits per heavy atom. The van der Waals surface area contributed by atoms with Crippen LogP contribution < -0.4 is 0 Å². The molecule has 2 nitrogen and oxygen atoms in total. The van der Waals surface area contributed by atoms with E-state index in [1.54, 1.807) is 0 Å². The van der Waals surface area contributed by atoms with Crippen LogP contribution in [0.15, 0.2) is 4.99 Å². The molecule has 15 heavy (non-hydrogen) atoms. The first-order valence-corrected chi connectivity index (χ1v) is 7.74. The Morgan fingerprint density at radius 3 is 2.73 bits per heavy atom. The zero-order valence-corrected chi connectivity index (χ0v) is 11.9. The van der Waals surface area contributed by atoms with Crippen molar-refractivity contribution in [2.24, 2.45) is 10.9 Å². The Hall–Kier alpha value is 0.300. The van der Waals surface area contributed by atoms with Gasteiger partial charge in [-0.05, 0) is 18.8 Å². The van der Waals surface area contributed by atoms with E-state index in [1.165, 1.54) is 24.6 Å². The summed E-state index contributed by atoms with van der Waals surface area (Å²) in [5.41, 5.74) is 0. The quantitative estimate of drug-likeness (QED) is 0.740. The third kappa shape index (κ3) is 3.13. The number of nitrogens with zero attached hydrogens (tertiary/aromatic N) is 2. The second-order valence-electron chi connectivity index (χ2n) is 4.79. The second kappa shape index (κ2) is 5.09. The Kier molecular flexibility index (Phi) is 3.99. The zero-order chi connectivity index (χ0) is 10.8. The number of hydrogen-bond acceptors (Lipinski definition) is 3. The highest BCUT2D eigenvalue weighted by atomic mass is 79.9. The molecule has 1 heterocycles. The van der Waals surface area contributed by atoms with Gasteiger partial charge in [-0.15, -0.1) is 0 Å². The van der Waals surface area contributed by atoms with Gasteiger partial charge in [0.25, 0.3) is 0 Å². The summed E-state index contributed by atoms with van der Waals surface area (Å²) in [6.45, 7) is 6.74. The number of halogens is 1. The Bertz CT molecular complexity index is 251. The summed E-state index contributed by atoms with van der Waals surface area (Å²) in [5, 5.41) is 3.02. The van der Waals surface area contributed by atoms with Gasteiger partial charge in [0.1, 0.15) is 0 Å². The molecule has 0 amide bonds. The number of thioether (sulfide) groups is 1. The van der Waals surface area contributed by atoms with Crippen molar-refractivity contribution in [2.75, 3.05) is 18.4 Å². The molecule has 0 radical (unpaired) electrons. The lowest BCUT2D eigenvalue weighted by molar-refractivity contribution is 0.363. The number of alkyl halides is 1. The van der Waals surface area contributed by atoms with E-state index in [-0.39, 0.29) is 0 Å². The standard InChI is InChI=1S/C11H19BrN2S/c1-8(2)7-14(9-3-4-9)11-13-6-10(5-12)15-11/h8-10H,3-7H2,1-2H3. The van der Waals surface area contributed by atoms with Gasteiger partial charge in [-0.1, -0.05) is 41.5 Å². The molecule has 1 atom stereocenters. The summed E-state index contributed by atoms with van der Waals surface area (Å²) in [7, 11) is 0. The monoisotopic (exact) mass is 290 g/mol. The van der Waals surface area contributed by atoms with Crippen LogP contribution in [0.1, 0.15) is 26.7 Å². The molecule has 0 saturated heterocycles. The van der Waals surface area contributed by atoms with Crippen molar-refractivity contribution in [3.63, 3.8) is 0 Å². The predicted molar refractivity (Wildman–Crippen MR) is 72.0 cm³/mol. The lowest BCUT2D eigenvalue weighted by Crippen LogP contribution is -2.33. The van der Waals surface area contributed by atoms with Gasteiger partial charge in [-0.2, -0.15) is 0 Å². The number of hydrogen-bond donors (Lipinski definition) is 0. The van der Waals surface area contributed by atoms with E-state index in [1.807, 2.05) is 11.8 Å². The normalized spacial score (nSPS) is 25.9. The van der Waals surface area contributed by atoms with Gasteiger partial charge >= 0.3 is 0 Å². The molecular weight excluding hydrogens is 272 g/mol. The van der Waals surface area contributed by atoms with Crippen molar-refractivity contribution in [1.82, 2.24) is 4.90 Å². The average Bonchev–Trinajstić information content (AvgIpc) is 2.92. The lowest BCUT2D eigenvalue weighted by Gasteiger charge is -2.25. The topological polar surface area (TPSA) is 15.6 Å². The third-order valence-corrected chi connectivity index (χ3v) is 5.10.